The fraction of sp³-hybridized carbons (Fsp3) is 0.381. The summed E-state index contributed by atoms with van der Waals surface area (Å²) in [5.74, 6) is -0.675. The Bertz CT molecular complexity index is 1310. The molecule has 0 radical (unpaired) electrons. The number of alkyl halides is 7. The van der Waals surface area contributed by atoms with Crippen LogP contribution in [0.1, 0.15) is 25.2 Å². The monoisotopic (exact) mass is 533 g/mol. The molecule has 0 fully saturated rings. The van der Waals surface area contributed by atoms with E-state index < -0.39 is 35.3 Å². The standard InChI is InChI=1S/C21H18F7N7S/c1-4-34(5-2)12-6-7-13(11(3)10-12)30-14-15(19(22,20(23,24)25)21(26,27)28)32-35-17(14)31-16(33-35)18-29-8-9-36-18/h6-10H,4-5H2,1-3H3/b30-14-. The molecule has 0 aliphatic carbocycles. The van der Waals surface area contributed by atoms with Crippen LogP contribution in [0.15, 0.2) is 39.9 Å². The first-order chi connectivity index (χ1) is 16.8. The van der Waals surface area contributed by atoms with E-state index in [-0.39, 0.29) is 16.5 Å². The Kier molecular flexibility index (Phi) is 6.39. The van der Waals surface area contributed by atoms with Gasteiger partial charge in [-0.3, -0.25) is 0 Å². The van der Waals surface area contributed by atoms with Crippen molar-refractivity contribution in [3.63, 3.8) is 0 Å². The summed E-state index contributed by atoms with van der Waals surface area (Å²) in [6.45, 7) is 6.78. The summed E-state index contributed by atoms with van der Waals surface area (Å²) in [6, 6.07) is 4.72. The van der Waals surface area contributed by atoms with E-state index in [0.29, 0.717) is 23.4 Å². The van der Waals surface area contributed by atoms with E-state index in [0.717, 1.165) is 17.0 Å². The normalized spacial score (nSPS) is 15.4. The Balaban J connectivity index is 1.92. The Morgan fingerprint density at radius 2 is 1.69 bits per heavy atom. The van der Waals surface area contributed by atoms with Gasteiger partial charge in [0.2, 0.25) is 11.6 Å². The molecule has 0 unspecified atom stereocenters. The zero-order chi connectivity index (χ0) is 26.5. The van der Waals surface area contributed by atoms with Crippen LogP contribution in [0.3, 0.4) is 0 Å². The number of hydrogen-bond acceptors (Lipinski definition) is 7. The second-order valence-corrected chi connectivity index (χ2v) is 8.59. The smallest absolute Gasteiger partial charge is 0.372 e. The lowest BCUT2D eigenvalue weighted by Gasteiger charge is -2.29. The topological polar surface area (TPSA) is 71.6 Å². The average molecular weight is 533 g/mol. The predicted octanol–water partition coefficient (Wildman–Crippen LogP) is 5.73. The van der Waals surface area contributed by atoms with E-state index in [4.69, 9.17) is 0 Å². The second-order valence-electron chi connectivity index (χ2n) is 7.69. The highest BCUT2D eigenvalue weighted by molar-refractivity contribution is 7.13. The molecule has 1 aromatic carbocycles. The zero-order valence-electron chi connectivity index (χ0n) is 19.0. The Hall–Kier alpha value is -3.36. The lowest BCUT2D eigenvalue weighted by Crippen LogP contribution is -2.60. The minimum atomic E-state index is -6.38. The first-order valence-electron chi connectivity index (χ1n) is 10.6. The van der Waals surface area contributed by atoms with Gasteiger partial charge in [0, 0.05) is 30.4 Å². The SMILES string of the molecule is CCN(CC)c1ccc(/N=C2/C(C(F)(C(F)(F)F)C(F)(F)F)=Nn3nc(-c4nccs4)nc32)c(C)c1. The molecule has 4 rings (SSSR count). The van der Waals surface area contributed by atoms with Crippen LogP contribution < -0.4 is 4.90 Å². The van der Waals surface area contributed by atoms with Crippen LogP contribution in [0.4, 0.5) is 42.1 Å². The molecule has 2 aromatic heterocycles. The van der Waals surface area contributed by atoms with Crippen LogP contribution in [0.2, 0.25) is 0 Å². The van der Waals surface area contributed by atoms with E-state index in [2.05, 4.69) is 25.2 Å². The van der Waals surface area contributed by atoms with Crippen LogP contribution in [0, 0.1) is 6.92 Å². The first-order valence-corrected chi connectivity index (χ1v) is 11.4. The minimum Gasteiger partial charge on any atom is -0.372 e. The van der Waals surface area contributed by atoms with Crippen molar-refractivity contribution in [3.8, 4) is 10.8 Å². The van der Waals surface area contributed by atoms with Crippen LogP contribution >= 0.6 is 11.3 Å². The van der Waals surface area contributed by atoms with E-state index in [1.165, 1.54) is 12.3 Å². The summed E-state index contributed by atoms with van der Waals surface area (Å²) in [6.07, 6.45) is -11.3. The van der Waals surface area contributed by atoms with Crippen molar-refractivity contribution in [1.29, 1.82) is 0 Å². The second kappa shape index (κ2) is 8.94. The molecule has 3 heterocycles. The molecule has 15 heteroatoms. The number of halogens is 7. The molecular formula is C21H18F7N7S. The van der Waals surface area contributed by atoms with Gasteiger partial charge in [-0.1, -0.05) is 0 Å². The maximum Gasteiger partial charge on any atom is 0.437 e. The number of aliphatic imine (C=N–C) groups is 1. The van der Waals surface area contributed by atoms with E-state index in [9.17, 15) is 26.3 Å². The molecule has 0 spiro atoms. The number of hydrogen-bond donors (Lipinski definition) is 0. The van der Waals surface area contributed by atoms with Gasteiger partial charge in [-0.2, -0.15) is 26.3 Å². The van der Waals surface area contributed by atoms with E-state index in [1.54, 1.807) is 24.4 Å². The molecule has 1 aliphatic rings. The number of anilines is 1. The van der Waals surface area contributed by atoms with Crippen molar-refractivity contribution >= 4 is 34.1 Å². The third-order valence-electron chi connectivity index (χ3n) is 5.49. The number of nitrogens with zero attached hydrogens (tertiary/aromatic N) is 7. The molecular weight excluding hydrogens is 515 g/mol. The fourth-order valence-corrected chi connectivity index (χ4v) is 4.19. The maximum absolute atomic E-state index is 15.1. The van der Waals surface area contributed by atoms with Gasteiger partial charge in [-0.05, 0) is 44.5 Å². The summed E-state index contributed by atoms with van der Waals surface area (Å²) < 4.78 is 96.7. The molecule has 0 atom stereocenters. The summed E-state index contributed by atoms with van der Waals surface area (Å²) in [7, 11) is 0. The Labute approximate surface area is 204 Å². The lowest BCUT2D eigenvalue weighted by molar-refractivity contribution is -0.312. The third-order valence-corrected chi connectivity index (χ3v) is 6.26. The highest BCUT2D eigenvalue weighted by Crippen LogP contribution is 2.49. The third kappa shape index (κ3) is 4.14. The quantitative estimate of drug-likeness (QED) is 0.380. The summed E-state index contributed by atoms with van der Waals surface area (Å²) in [5.41, 5.74) is -7.59. The summed E-state index contributed by atoms with van der Waals surface area (Å²) in [5, 5.41) is 8.88. The number of fused-ring (bicyclic) bond motifs is 1. The van der Waals surface area contributed by atoms with Gasteiger partial charge >= 0.3 is 18.0 Å². The number of aromatic nitrogens is 4. The number of thiazole rings is 1. The lowest BCUT2D eigenvalue weighted by atomic mass is 9.94. The van der Waals surface area contributed by atoms with Gasteiger partial charge in [0.25, 0.3) is 0 Å². The molecule has 0 N–H and O–H groups in total. The van der Waals surface area contributed by atoms with Crippen molar-refractivity contribution in [2.45, 2.75) is 38.8 Å². The highest BCUT2D eigenvalue weighted by atomic mass is 32.1. The predicted molar refractivity (Wildman–Crippen MR) is 121 cm³/mol. The summed E-state index contributed by atoms with van der Waals surface area (Å²) >= 11 is 1.09. The number of rotatable bonds is 6. The van der Waals surface area contributed by atoms with Gasteiger partial charge in [0.05, 0.1) is 5.69 Å². The zero-order valence-corrected chi connectivity index (χ0v) is 19.8. The fourth-order valence-electron chi connectivity index (χ4n) is 3.63. The van der Waals surface area contributed by atoms with Crippen molar-refractivity contribution in [3.05, 3.63) is 41.2 Å². The molecule has 0 amide bonds. The molecule has 192 valence electrons. The maximum atomic E-state index is 15.1. The molecule has 0 saturated heterocycles. The van der Waals surface area contributed by atoms with Crippen LogP contribution in [-0.4, -0.2) is 62.4 Å². The van der Waals surface area contributed by atoms with Crippen LogP contribution in [0.5, 0.6) is 0 Å². The van der Waals surface area contributed by atoms with E-state index >= 15 is 4.39 Å². The largest absolute Gasteiger partial charge is 0.437 e. The Morgan fingerprint density at radius 1 is 1.03 bits per heavy atom. The van der Waals surface area contributed by atoms with Gasteiger partial charge < -0.3 is 4.90 Å². The number of aryl methyl sites for hydroxylation is 1. The number of benzene rings is 1. The highest BCUT2D eigenvalue weighted by Gasteiger charge is 2.77. The average Bonchev–Trinajstić information content (AvgIpc) is 3.51. The molecule has 3 aromatic rings. The van der Waals surface area contributed by atoms with Gasteiger partial charge in [-0.25, -0.2) is 19.4 Å². The van der Waals surface area contributed by atoms with Crippen molar-refractivity contribution in [2.24, 2.45) is 10.1 Å². The molecule has 0 saturated carbocycles. The van der Waals surface area contributed by atoms with Gasteiger partial charge in [0.15, 0.2) is 5.01 Å². The molecule has 36 heavy (non-hydrogen) atoms. The van der Waals surface area contributed by atoms with E-state index in [1.807, 2.05) is 18.7 Å². The molecule has 7 nitrogen and oxygen atoms in total. The minimum absolute atomic E-state index is 0.0209. The van der Waals surface area contributed by atoms with Crippen LogP contribution in [-0.2, 0) is 0 Å². The van der Waals surface area contributed by atoms with Crippen molar-refractivity contribution in [2.75, 3.05) is 18.0 Å². The van der Waals surface area contributed by atoms with Crippen molar-refractivity contribution in [1.82, 2.24) is 19.9 Å². The summed E-state index contributed by atoms with van der Waals surface area (Å²) in [4.78, 5) is 14.4. The van der Waals surface area contributed by atoms with Gasteiger partial charge in [-0.15, -0.1) is 26.3 Å². The van der Waals surface area contributed by atoms with Crippen molar-refractivity contribution < 1.29 is 30.7 Å². The molecule has 1 aliphatic heterocycles. The van der Waals surface area contributed by atoms with Crippen LogP contribution in [0.25, 0.3) is 10.8 Å². The Morgan fingerprint density at radius 3 is 2.22 bits per heavy atom. The van der Waals surface area contributed by atoms with Gasteiger partial charge in [0.1, 0.15) is 11.4 Å². The first kappa shape index (κ1) is 25.7. The molecule has 0 bridgehead atoms.